The largest absolute Gasteiger partial charge is 0.352 e. The van der Waals surface area contributed by atoms with E-state index in [1.165, 1.54) is 25.9 Å². The first-order valence-electron chi connectivity index (χ1n) is 7.06. The molecule has 4 heteroatoms. The second kappa shape index (κ2) is 4.94. The molecule has 1 unspecified atom stereocenters. The minimum absolute atomic E-state index is 0.208. The summed E-state index contributed by atoms with van der Waals surface area (Å²) in [6.45, 7) is 5.50. The Kier molecular flexibility index (Phi) is 3.34. The van der Waals surface area contributed by atoms with Gasteiger partial charge in [-0.3, -0.25) is 4.79 Å². The second-order valence-corrected chi connectivity index (χ2v) is 5.80. The average molecular weight is 237 g/mol. The Morgan fingerprint density at radius 1 is 1.24 bits per heavy atom. The van der Waals surface area contributed by atoms with Crippen LogP contribution in [0.4, 0.5) is 0 Å². The van der Waals surface area contributed by atoms with E-state index in [0.29, 0.717) is 6.04 Å². The number of fused-ring (bicyclic) bond motifs is 3. The fourth-order valence-corrected chi connectivity index (χ4v) is 3.50. The lowest BCUT2D eigenvalue weighted by Gasteiger charge is -2.45. The van der Waals surface area contributed by atoms with Gasteiger partial charge in [0.2, 0.25) is 5.91 Å². The van der Waals surface area contributed by atoms with E-state index in [9.17, 15) is 4.79 Å². The van der Waals surface area contributed by atoms with Crippen LogP contribution in [0.15, 0.2) is 0 Å². The summed E-state index contributed by atoms with van der Waals surface area (Å²) in [6.07, 6.45) is 4.74. The van der Waals surface area contributed by atoms with Gasteiger partial charge in [0.05, 0.1) is 5.92 Å². The van der Waals surface area contributed by atoms with E-state index in [0.717, 1.165) is 38.4 Å². The number of amides is 1. The Balaban J connectivity index is 1.54. The Bertz CT molecular complexity index is 280. The van der Waals surface area contributed by atoms with E-state index >= 15 is 0 Å². The Labute approximate surface area is 103 Å². The molecule has 0 aromatic carbocycles. The molecule has 0 spiro atoms. The SMILES string of the molecule is O=C(NC1CN2CCC1CC2)[C@H]1CCCNC1. The predicted octanol–water partition coefficient (Wildman–Crippen LogP) is 0.196. The van der Waals surface area contributed by atoms with Gasteiger partial charge in [-0.15, -0.1) is 0 Å². The first kappa shape index (κ1) is 11.5. The first-order chi connectivity index (χ1) is 8.33. The van der Waals surface area contributed by atoms with Crippen LogP contribution in [0, 0.1) is 11.8 Å². The molecule has 0 aromatic rings. The second-order valence-electron chi connectivity index (χ2n) is 5.80. The van der Waals surface area contributed by atoms with Crippen molar-refractivity contribution in [3.8, 4) is 0 Å². The van der Waals surface area contributed by atoms with Crippen molar-refractivity contribution < 1.29 is 4.79 Å². The van der Waals surface area contributed by atoms with Crippen molar-refractivity contribution in [1.29, 1.82) is 0 Å². The molecule has 0 radical (unpaired) electrons. The Hall–Kier alpha value is -0.610. The lowest BCUT2D eigenvalue weighted by Crippen LogP contribution is -2.58. The lowest BCUT2D eigenvalue weighted by atomic mass is 9.83. The van der Waals surface area contributed by atoms with Crippen molar-refractivity contribution in [2.45, 2.75) is 31.7 Å². The van der Waals surface area contributed by atoms with Gasteiger partial charge in [-0.25, -0.2) is 0 Å². The molecule has 17 heavy (non-hydrogen) atoms. The van der Waals surface area contributed by atoms with Crippen LogP contribution in [-0.4, -0.2) is 49.6 Å². The highest BCUT2D eigenvalue weighted by Gasteiger charge is 2.35. The topological polar surface area (TPSA) is 44.4 Å². The van der Waals surface area contributed by atoms with Gasteiger partial charge >= 0.3 is 0 Å². The quantitative estimate of drug-likeness (QED) is 0.721. The van der Waals surface area contributed by atoms with Gasteiger partial charge in [0.25, 0.3) is 0 Å². The minimum atomic E-state index is 0.208. The molecule has 96 valence electrons. The van der Waals surface area contributed by atoms with Crippen LogP contribution in [0.3, 0.4) is 0 Å². The third-order valence-corrected chi connectivity index (χ3v) is 4.65. The monoisotopic (exact) mass is 237 g/mol. The predicted molar refractivity (Wildman–Crippen MR) is 66.7 cm³/mol. The van der Waals surface area contributed by atoms with Crippen molar-refractivity contribution in [3.63, 3.8) is 0 Å². The molecule has 0 aliphatic carbocycles. The summed E-state index contributed by atoms with van der Waals surface area (Å²) < 4.78 is 0. The fourth-order valence-electron chi connectivity index (χ4n) is 3.50. The van der Waals surface area contributed by atoms with Crippen LogP contribution in [0.5, 0.6) is 0 Å². The average Bonchev–Trinajstić information content (AvgIpc) is 2.41. The zero-order chi connectivity index (χ0) is 11.7. The maximum Gasteiger partial charge on any atom is 0.224 e. The fraction of sp³-hybridized carbons (Fsp3) is 0.923. The number of carbonyl (C=O) groups excluding carboxylic acids is 1. The molecule has 4 aliphatic heterocycles. The van der Waals surface area contributed by atoms with Crippen LogP contribution in [0.2, 0.25) is 0 Å². The highest BCUT2D eigenvalue weighted by atomic mass is 16.2. The van der Waals surface area contributed by atoms with Crippen molar-refractivity contribution in [1.82, 2.24) is 15.5 Å². The van der Waals surface area contributed by atoms with Gasteiger partial charge in [-0.1, -0.05) is 0 Å². The number of nitrogens with zero attached hydrogens (tertiary/aromatic N) is 1. The summed E-state index contributed by atoms with van der Waals surface area (Å²) in [7, 11) is 0. The van der Waals surface area contributed by atoms with Crippen LogP contribution in [-0.2, 0) is 4.79 Å². The normalized spacial score (nSPS) is 41.2. The van der Waals surface area contributed by atoms with E-state index in [4.69, 9.17) is 0 Å². The summed E-state index contributed by atoms with van der Waals surface area (Å²) in [5.74, 6) is 1.23. The zero-order valence-electron chi connectivity index (χ0n) is 10.5. The Morgan fingerprint density at radius 2 is 2.06 bits per heavy atom. The van der Waals surface area contributed by atoms with Crippen LogP contribution >= 0.6 is 0 Å². The van der Waals surface area contributed by atoms with Gasteiger partial charge in [0, 0.05) is 19.1 Å². The Morgan fingerprint density at radius 3 is 2.65 bits per heavy atom. The summed E-state index contributed by atoms with van der Waals surface area (Å²) in [6, 6.07) is 0.423. The molecule has 1 amide bonds. The van der Waals surface area contributed by atoms with Crippen LogP contribution < -0.4 is 10.6 Å². The molecule has 2 N–H and O–H groups in total. The zero-order valence-corrected chi connectivity index (χ0v) is 10.5. The van der Waals surface area contributed by atoms with Gasteiger partial charge in [0.1, 0.15) is 0 Å². The lowest BCUT2D eigenvalue weighted by molar-refractivity contribution is -0.127. The van der Waals surface area contributed by atoms with E-state index in [-0.39, 0.29) is 11.8 Å². The van der Waals surface area contributed by atoms with Gasteiger partial charge in [0.15, 0.2) is 0 Å². The molecule has 0 saturated carbocycles. The number of hydrogen-bond acceptors (Lipinski definition) is 3. The van der Waals surface area contributed by atoms with Crippen LogP contribution in [0.1, 0.15) is 25.7 Å². The molecule has 4 saturated heterocycles. The van der Waals surface area contributed by atoms with E-state index in [2.05, 4.69) is 15.5 Å². The number of piperidine rings is 4. The molecule has 4 heterocycles. The van der Waals surface area contributed by atoms with Gasteiger partial charge in [-0.2, -0.15) is 0 Å². The molecule has 4 nitrogen and oxygen atoms in total. The molecule has 2 atom stereocenters. The highest BCUT2D eigenvalue weighted by molar-refractivity contribution is 5.79. The molecule has 4 fully saturated rings. The standard InChI is InChI=1S/C13H23N3O/c17-13(11-2-1-5-14-8-11)15-12-9-16-6-3-10(12)4-7-16/h10-12,14H,1-9H2,(H,15,17)/t11-,12?/m0/s1. The maximum atomic E-state index is 12.2. The number of carbonyl (C=O) groups is 1. The van der Waals surface area contributed by atoms with Gasteiger partial charge in [-0.05, 0) is 51.2 Å². The van der Waals surface area contributed by atoms with E-state index in [1.54, 1.807) is 0 Å². The van der Waals surface area contributed by atoms with Crippen LogP contribution in [0.25, 0.3) is 0 Å². The molecule has 0 aromatic heterocycles. The molecular weight excluding hydrogens is 214 g/mol. The maximum absolute atomic E-state index is 12.2. The third kappa shape index (κ3) is 2.47. The number of nitrogens with one attached hydrogen (secondary N) is 2. The summed E-state index contributed by atoms with van der Waals surface area (Å²) in [5, 5.41) is 6.62. The number of rotatable bonds is 2. The summed E-state index contributed by atoms with van der Waals surface area (Å²) >= 11 is 0. The van der Waals surface area contributed by atoms with Crippen molar-refractivity contribution in [3.05, 3.63) is 0 Å². The smallest absolute Gasteiger partial charge is 0.224 e. The van der Waals surface area contributed by atoms with E-state index < -0.39 is 0 Å². The van der Waals surface area contributed by atoms with Crippen molar-refractivity contribution >= 4 is 5.91 Å². The minimum Gasteiger partial charge on any atom is -0.352 e. The summed E-state index contributed by atoms with van der Waals surface area (Å²) in [5.41, 5.74) is 0. The third-order valence-electron chi connectivity index (χ3n) is 4.65. The summed E-state index contributed by atoms with van der Waals surface area (Å²) in [4.78, 5) is 14.7. The van der Waals surface area contributed by atoms with Gasteiger partial charge < -0.3 is 15.5 Å². The van der Waals surface area contributed by atoms with Crippen molar-refractivity contribution in [2.75, 3.05) is 32.7 Å². The molecule has 4 rings (SSSR count). The van der Waals surface area contributed by atoms with Crippen molar-refractivity contribution in [2.24, 2.45) is 11.8 Å². The van der Waals surface area contributed by atoms with E-state index in [1.807, 2.05) is 0 Å². The number of hydrogen-bond donors (Lipinski definition) is 2. The first-order valence-corrected chi connectivity index (χ1v) is 7.06. The molecular formula is C13H23N3O. The molecule has 4 aliphatic rings. The highest BCUT2D eigenvalue weighted by Crippen LogP contribution is 2.27. The molecule has 2 bridgehead atoms.